The van der Waals surface area contributed by atoms with Crippen molar-refractivity contribution in [1.29, 1.82) is 0 Å². The van der Waals surface area contributed by atoms with Crippen LogP contribution in [0.4, 0.5) is 5.69 Å². The molecule has 2 heterocycles. The van der Waals surface area contributed by atoms with Gasteiger partial charge in [-0.1, -0.05) is 30.3 Å². The number of piperidine rings is 1. The van der Waals surface area contributed by atoms with Gasteiger partial charge in [-0.3, -0.25) is 14.3 Å². The van der Waals surface area contributed by atoms with Crippen LogP contribution in [0.25, 0.3) is 0 Å². The Labute approximate surface area is 147 Å². The summed E-state index contributed by atoms with van der Waals surface area (Å²) in [6.07, 6.45) is 0.940. The SMILES string of the molecule is Cc1nn(C)c(C)c1NC(=O)[C@@H]1CCC(=O)N(C)[C@@H]1c1ccccc1. The molecule has 0 bridgehead atoms. The smallest absolute Gasteiger partial charge is 0.230 e. The van der Waals surface area contributed by atoms with Crippen LogP contribution in [0.3, 0.4) is 0 Å². The summed E-state index contributed by atoms with van der Waals surface area (Å²) in [4.78, 5) is 26.9. The molecule has 25 heavy (non-hydrogen) atoms. The molecule has 2 atom stereocenters. The summed E-state index contributed by atoms with van der Waals surface area (Å²) < 4.78 is 1.76. The number of aryl methyl sites for hydroxylation is 2. The van der Waals surface area contributed by atoms with Crippen molar-refractivity contribution in [3.8, 4) is 0 Å². The Balaban J connectivity index is 1.90. The fourth-order valence-corrected chi connectivity index (χ4v) is 3.59. The first-order chi connectivity index (χ1) is 11.9. The lowest BCUT2D eigenvalue weighted by Crippen LogP contribution is -2.44. The van der Waals surface area contributed by atoms with E-state index < -0.39 is 0 Å². The Morgan fingerprint density at radius 3 is 2.48 bits per heavy atom. The average molecular weight is 340 g/mol. The van der Waals surface area contributed by atoms with Gasteiger partial charge in [0, 0.05) is 20.5 Å². The number of likely N-dealkylation sites (tertiary alicyclic amines) is 1. The van der Waals surface area contributed by atoms with Crippen LogP contribution in [0.15, 0.2) is 30.3 Å². The van der Waals surface area contributed by atoms with Gasteiger partial charge in [0.1, 0.15) is 0 Å². The van der Waals surface area contributed by atoms with Gasteiger partial charge >= 0.3 is 0 Å². The van der Waals surface area contributed by atoms with Crippen molar-refractivity contribution in [2.45, 2.75) is 32.7 Å². The Hall–Kier alpha value is -2.63. The molecule has 1 N–H and O–H groups in total. The summed E-state index contributed by atoms with van der Waals surface area (Å²) in [5.74, 6) is -0.275. The molecule has 1 saturated heterocycles. The lowest BCUT2D eigenvalue weighted by Gasteiger charge is -2.38. The summed E-state index contributed by atoms with van der Waals surface area (Å²) in [5, 5.41) is 7.39. The number of nitrogens with one attached hydrogen (secondary N) is 1. The number of rotatable bonds is 3. The second-order valence-corrected chi connectivity index (χ2v) is 6.66. The van der Waals surface area contributed by atoms with Crippen LogP contribution in [-0.4, -0.2) is 33.5 Å². The number of anilines is 1. The summed E-state index contributed by atoms with van der Waals surface area (Å²) in [7, 11) is 3.64. The summed E-state index contributed by atoms with van der Waals surface area (Å²) in [5.41, 5.74) is 3.46. The number of amides is 2. The van der Waals surface area contributed by atoms with Crippen molar-refractivity contribution >= 4 is 17.5 Å². The van der Waals surface area contributed by atoms with Gasteiger partial charge in [-0.05, 0) is 25.8 Å². The second-order valence-electron chi connectivity index (χ2n) is 6.66. The van der Waals surface area contributed by atoms with Gasteiger partial charge in [-0.15, -0.1) is 0 Å². The molecular weight excluding hydrogens is 316 g/mol. The number of carbonyl (C=O) groups is 2. The molecule has 6 heteroatoms. The number of carbonyl (C=O) groups excluding carboxylic acids is 2. The third-order valence-corrected chi connectivity index (χ3v) is 5.10. The highest BCUT2D eigenvalue weighted by Gasteiger charge is 2.39. The summed E-state index contributed by atoms with van der Waals surface area (Å²) >= 11 is 0. The Morgan fingerprint density at radius 1 is 1.20 bits per heavy atom. The quantitative estimate of drug-likeness (QED) is 0.934. The van der Waals surface area contributed by atoms with Gasteiger partial charge in [0.2, 0.25) is 11.8 Å². The molecule has 1 aromatic heterocycles. The maximum atomic E-state index is 13.0. The standard InChI is InChI=1S/C19H24N4O2/c1-12-17(13(2)23(4)21-12)20-19(25)15-10-11-16(24)22(3)18(15)14-8-6-5-7-9-14/h5-9,15,18H,10-11H2,1-4H3,(H,20,25)/t15-,18-/m1/s1. The molecule has 2 aromatic rings. The lowest BCUT2D eigenvalue weighted by molar-refractivity contribution is -0.140. The van der Waals surface area contributed by atoms with Crippen molar-refractivity contribution < 1.29 is 9.59 Å². The van der Waals surface area contributed by atoms with E-state index in [0.717, 1.165) is 22.6 Å². The fraction of sp³-hybridized carbons (Fsp3) is 0.421. The van der Waals surface area contributed by atoms with Gasteiger partial charge in [0.15, 0.2) is 0 Å². The van der Waals surface area contributed by atoms with Crippen molar-refractivity contribution in [3.05, 3.63) is 47.3 Å². The van der Waals surface area contributed by atoms with E-state index in [1.807, 2.05) is 51.2 Å². The number of aromatic nitrogens is 2. The molecule has 3 rings (SSSR count). The molecule has 0 spiro atoms. The molecule has 0 radical (unpaired) electrons. The van der Waals surface area contributed by atoms with Crippen LogP contribution in [0, 0.1) is 19.8 Å². The number of hydrogen-bond donors (Lipinski definition) is 1. The molecule has 0 unspecified atom stereocenters. The number of nitrogens with zero attached hydrogens (tertiary/aromatic N) is 3. The van der Waals surface area contributed by atoms with Crippen LogP contribution in [0.2, 0.25) is 0 Å². The van der Waals surface area contributed by atoms with E-state index in [-0.39, 0.29) is 23.8 Å². The first kappa shape index (κ1) is 17.2. The van der Waals surface area contributed by atoms with Crippen LogP contribution >= 0.6 is 0 Å². The van der Waals surface area contributed by atoms with Crippen LogP contribution in [0.1, 0.15) is 35.8 Å². The van der Waals surface area contributed by atoms with E-state index in [0.29, 0.717) is 12.8 Å². The van der Waals surface area contributed by atoms with Gasteiger partial charge in [0.05, 0.1) is 29.0 Å². The average Bonchev–Trinajstić information content (AvgIpc) is 2.84. The van der Waals surface area contributed by atoms with E-state index >= 15 is 0 Å². The minimum atomic E-state index is -0.288. The van der Waals surface area contributed by atoms with E-state index in [2.05, 4.69) is 10.4 Å². The van der Waals surface area contributed by atoms with Crippen molar-refractivity contribution in [1.82, 2.24) is 14.7 Å². The van der Waals surface area contributed by atoms with E-state index in [1.54, 1.807) is 16.6 Å². The largest absolute Gasteiger partial charge is 0.338 e. The van der Waals surface area contributed by atoms with E-state index in [1.165, 1.54) is 0 Å². The highest BCUT2D eigenvalue weighted by Crippen LogP contribution is 2.36. The highest BCUT2D eigenvalue weighted by molar-refractivity contribution is 5.95. The van der Waals surface area contributed by atoms with E-state index in [9.17, 15) is 9.59 Å². The lowest BCUT2D eigenvalue weighted by atomic mass is 9.84. The molecule has 1 aromatic carbocycles. The first-order valence-electron chi connectivity index (χ1n) is 8.51. The molecule has 2 amide bonds. The van der Waals surface area contributed by atoms with Crippen molar-refractivity contribution in [2.75, 3.05) is 12.4 Å². The minimum Gasteiger partial charge on any atom is -0.338 e. The zero-order valence-electron chi connectivity index (χ0n) is 15.1. The third kappa shape index (κ3) is 3.16. The summed E-state index contributed by atoms with van der Waals surface area (Å²) in [6.45, 7) is 3.81. The molecule has 0 aliphatic carbocycles. The van der Waals surface area contributed by atoms with Gasteiger partial charge in [-0.2, -0.15) is 5.10 Å². The van der Waals surface area contributed by atoms with Crippen LogP contribution < -0.4 is 5.32 Å². The van der Waals surface area contributed by atoms with Crippen molar-refractivity contribution in [3.63, 3.8) is 0 Å². The van der Waals surface area contributed by atoms with Crippen LogP contribution in [0.5, 0.6) is 0 Å². The highest BCUT2D eigenvalue weighted by atomic mass is 16.2. The third-order valence-electron chi connectivity index (χ3n) is 5.10. The van der Waals surface area contributed by atoms with E-state index in [4.69, 9.17) is 0 Å². The summed E-state index contributed by atoms with van der Waals surface area (Å²) in [6, 6.07) is 9.51. The molecule has 0 saturated carbocycles. The zero-order chi connectivity index (χ0) is 18.1. The predicted molar refractivity (Wildman–Crippen MR) is 96.0 cm³/mol. The van der Waals surface area contributed by atoms with Gasteiger partial charge in [-0.25, -0.2) is 0 Å². The molecule has 1 fully saturated rings. The van der Waals surface area contributed by atoms with Gasteiger partial charge in [0.25, 0.3) is 0 Å². The molecule has 1 aliphatic rings. The Kier molecular flexibility index (Phi) is 4.61. The number of hydrogen-bond acceptors (Lipinski definition) is 3. The second kappa shape index (κ2) is 6.70. The molecular formula is C19H24N4O2. The fourth-order valence-electron chi connectivity index (χ4n) is 3.59. The molecule has 6 nitrogen and oxygen atoms in total. The monoisotopic (exact) mass is 340 g/mol. The zero-order valence-corrected chi connectivity index (χ0v) is 15.1. The maximum Gasteiger partial charge on any atom is 0.230 e. The Bertz CT molecular complexity index is 797. The Morgan fingerprint density at radius 2 is 1.88 bits per heavy atom. The number of benzene rings is 1. The van der Waals surface area contributed by atoms with Gasteiger partial charge < -0.3 is 10.2 Å². The van der Waals surface area contributed by atoms with Crippen LogP contribution in [-0.2, 0) is 16.6 Å². The molecule has 1 aliphatic heterocycles. The first-order valence-corrected chi connectivity index (χ1v) is 8.51. The normalized spacial score (nSPS) is 20.6. The topological polar surface area (TPSA) is 67.2 Å². The molecule has 132 valence electrons. The van der Waals surface area contributed by atoms with Crippen molar-refractivity contribution in [2.24, 2.45) is 13.0 Å². The maximum absolute atomic E-state index is 13.0. The predicted octanol–water partition coefficient (Wildman–Crippen LogP) is 2.59. The minimum absolute atomic E-state index is 0.0626.